The fraction of sp³-hybridized carbons (Fsp3) is 0.158. The number of benzene rings is 2. The van der Waals surface area contributed by atoms with E-state index >= 15 is 0 Å². The van der Waals surface area contributed by atoms with Gasteiger partial charge >= 0.3 is 0 Å². The Balaban J connectivity index is 1.65. The Kier molecular flexibility index (Phi) is 4.50. The third-order valence-electron chi connectivity index (χ3n) is 4.15. The van der Waals surface area contributed by atoms with Crippen LogP contribution < -0.4 is 5.01 Å². The van der Waals surface area contributed by atoms with Crippen LogP contribution in [0.2, 0.25) is 10.0 Å². The number of hydrogen-bond donors (Lipinski definition) is 0. The van der Waals surface area contributed by atoms with Gasteiger partial charge in [0, 0.05) is 33.1 Å². The molecule has 0 unspecified atom stereocenters. The number of halogens is 2. The molecule has 3 aromatic rings. The van der Waals surface area contributed by atoms with Crippen LogP contribution in [-0.2, 0) is 0 Å². The molecule has 1 aromatic heterocycles. The molecule has 0 aliphatic carbocycles. The summed E-state index contributed by atoms with van der Waals surface area (Å²) in [4.78, 5) is 4.79. The van der Waals surface area contributed by atoms with Crippen LogP contribution in [-0.4, -0.2) is 10.7 Å². The van der Waals surface area contributed by atoms with Gasteiger partial charge in [-0.2, -0.15) is 5.10 Å². The minimum Gasteiger partial charge on any atom is -0.231 e. The number of aromatic nitrogens is 1. The lowest BCUT2D eigenvalue weighted by molar-refractivity contribution is 0.706. The lowest BCUT2D eigenvalue weighted by Gasteiger charge is -2.21. The van der Waals surface area contributed by atoms with E-state index < -0.39 is 0 Å². The highest BCUT2D eigenvalue weighted by molar-refractivity contribution is 7.14. The maximum absolute atomic E-state index is 6.02. The number of anilines is 1. The van der Waals surface area contributed by atoms with Crippen molar-refractivity contribution in [2.24, 2.45) is 5.10 Å². The van der Waals surface area contributed by atoms with Gasteiger partial charge in [0.2, 0.25) is 5.13 Å². The molecule has 1 aliphatic heterocycles. The van der Waals surface area contributed by atoms with Crippen LogP contribution in [0.1, 0.15) is 24.9 Å². The van der Waals surface area contributed by atoms with Gasteiger partial charge in [0.25, 0.3) is 0 Å². The molecule has 0 saturated heterocycles. The average Bonchev–Trinajstić information content (AvgIpc) is 3.23. The van der Waals surface area contributed by atoms with Crippen molar-refractivity contribution in [3.63, 3.8) is 0 Å². The fourth-order valence-corrected chi connectivity index (χ4v) is 3.99. The van der Waals surface area contributed by atoms with Crippen molar-refractivity contribution < 1.29 is 0 Å². The first kappa shape index (κ1) is 16.6. The molecule has 0 amide bonds. The van der Waals surface area contributed by atoms with Gasteiger partial charge in [-0.1, -0.05) is 47.5 Å². The largest absolute Gasteiger partial charge is 0.231 e. The van der Waals surface area contributed by atoms with Gasteiger partial charge in [0.1, 0.15) is 0 Å². The fourth-order valence-electron chi connectivity index (χ4n) is 2.90. The van der Waals surface area contributed by atoms with Crippen LogP contribution in [0.5, 0.6) is 0 Å². The Morgan fingerprint density at radius 1 is 1.00 bits per heavy atom. The van der Waals surface area contributed by atoms with Crippen LogP contribution in [0, 0.1) is 0 Å². The third kappa shape index (κ3) is 3.43. The van der Waals surface area contributed by atoms with E-state index in [0.29, 0.717) is 0 Å². The van der Waals surface area contributed by atoms with Crippen molar-refractivity contribution in [2.75, 3.05) is 5.01 Å². The molecule has 1 aliphatic rings. The predicted octanol–water partition coefficient (Wildman–Crippen LogP) is 6.44. The molecule has 0 radical (unpaired) electrons. The zero-order chi connectivity index (χ0) is 17.4. The van der Waals surface area contributed by atoms with E-state index in [0.717, 1.165) is 38.6 Å². The summed E-state index contributed by atoms with van der Waals surface area (Å²) in [7, 11) is 0. The van der Waals surface area contributed by atoms with Gasteiger partial charge in [-0.25, -0.2) is 9.99 Å². The second-order valence-corrected chi connectivity index (χ2v) is 7.68. The molecule has 0 N–H and O–H groups in total. The molecule has 0 bridgehead atoms. The van der Waals surface area contributed by atoms with Crippen molar-refractivity contribution in [1.82, 2.24) is 4.98 Å². The van der Waals surface area contributed by atoms with Crippen molar-refractivity contribution in [3.05, 3.63) is 69.5 Å². The Bertz CT molecular complexity index is 917. The van der Waals surface area contributed by atoms with E-state index in [1.165, 1.54) is 5.56 Å². The number of nitrogens with zero attached hydrogens (tertiary/aromatic N) is 3. The number of hydrogen-bond acceptors (Lipinski definition) is 4. The highest BCUT2D eigenvalue weighted by Crippen LogP contribution is 2.38. The molecule has 0 fully saturated rings. The van der Waals surface area contributed by atoms with E-state index in [1.807, 2.05) is 41.4 Å². The van der Waals surface area contributed by atoms with E-state index in [9.17, 15) is 0 Å². The smallest absolute Gasteiger partial charge is 0.207 e. The first-order valence-electron chi connectivity index (χ1n) is 7.90. The van der Waals surface area contributed by atoms with Crippen molar-refractivity contribution in [1.29, 1.82) is 0 Å². The molecule has 4 rings (SSSR count). The van der Waals surface area contributed by atoms with E-state index in [1.54, 1.807) is 11.3 Å². The molecule has 3 nitrogen and oxygen atoms in total. The van der Waals surface area contributed by atoms with E-state index in [4.69, 9.17) is 33.3 Å². The highest BCUT2D eigenvalue weighted by atomic mass is 35.5. The third-order valence-corrected chi connectivity index (χ3v) is 5.48. The average molecular weight is 388 g/mol. The summed E-state index contributed by atoms with van der Waals surface area (Å²) in [5.74, 6) is 0. The summed E-state index contributed by atoms with van der Waals surface area (Å²) in [6.45, 7) is 2.05. The van der Waals surface area contributed by atoms with Crippen LogP contribution >= 0.6 is 34.5 Å². The Labute approximate surface area is 160 Å². The van der Waals surface area contributed by atoms with Gasteiger partial charge in [-0.05, 0) is 36.8 Å². The molecule has 6 heteroatoms. The Morgan fingerprint density at radius 3 is 2.32 bits per heavy atom. The summed E-state index contributed by atoms with van der Waals surface area (Å²) in [6, 6.07) is 15.8. The van der Waals surface area contributed by atoms with Crippen molar-refractivity contribution >= 4 is 45.4 Å². The highest BCUT2D eigenvalue weighted by Gasteiger charge is 2.29. The summed E-state index contributed by atoms with van der Waals surface area (Å²) in [5, 5.41) is 11.1. The van der Waals surface area contributed by atoms with E-state index in [2.05, 4.69) is 24.4 Å². The molecule has 2 aromatic carbocycles. The Morgan fingerprint density at radius 2 is 1.64 bits per heavy atom. The maximum atomic E-state index is 6.02. The standard InChI is InChI=1S/C19H15Cl2N3S/c1-12-10-18(14-4-8-16(21)9-5-14)24(23-12)19-22-17(11-25-19)13-2-6-15(20)7-3-13/h2-9,11,18H,10H2,1H3/t18-/m1/s1. The molecule has 0 spiro atoms. The maximum Gasteiger partial charge on any atom is 0.207 e. The number of thiazole rings is 1. The first-order chi connectivity index (χ1) is 12.1. The Hall–Kier alpha value is -1.88. The number of hydrazone groups is 1. The van der Waals surface area contributed by atoms with Gasteiger partial charge in [0.05, 0.1) is 11.7 Å². The lowest BCUT2D eigenvalue weighted by atomic mass is 10.0. The van der Waals surface area contributed by atoms with Gasteiger partial charge in [-0.15, -0.1) is 11.3 Å². The monoisotopic (exact) mass is 387 g/mol. The van der Waals surface area contributed by atoms with Gasteiger partial charge in [-0.3, -0.25) is 0 Å². The van der Waals surface area contributed by atoms with Crippen LogP contribution in [0.3, 0.4) is 0 Å². The summed E-state index contributed by atoms with van der Waals surface area (Å²) >= 11 is 13.6. The summed E-state index contributed by atoms with van der Waals surface area (Å²) in [6.07, 6.45) is 0.886. The topological polar surface area (TPSA) is 28.5 Å². The second-order valence-electron chi connectivity index (χ2n) is 5.97. The van der Waals surface area contributed by atoms with Crippen LogP contribution in [0.15, 0.2) is 59.0 Å². The normalized spacial score (nSPS) is 17.0. The predicted molar refractivity (Wildman–Crippen MR) is 107 cm³/mol. The molecule has 1 atom stereocenters. The quantitative estimate of drug-likeness (QED) is 0.516. The van der Waals surface area contributed by atoms with Crippen LogP contribution in [0.25, 0.3) is 11.3 Å². The molecular formula is C19H15Cl2N3S. The molecule has 0 saturated carbocycles. The molecular weight excluding hydrogens is 373 g/mol. The van der Waals surface area contributed by atoms with Crippen molar-refractivity contribution in [3.8, 4) is 11.3 Å². The molecule has 126 valence electrons. The minimum absolute atomic E-state index is 0.154. The van der Waals surface area contributed by atoms with Gasteiger partial charge < -0.3 is 0 Å². The second kappa shape index (κ2) is 6.79. The number of rotatable bonds is 3. The lowest BCUT2D eigenvalue weighted by Crippen LogP contribution is -2.18. The van der Waals surface area contributed by atoms with Crippen LogP contribution in [0.4, 0.5) is 5.13 Å². The zero-order valence-electron chi connectivity index (χ0n) is 13.5. The van der Waals surface area contributed by atoms with Gasteiger partial charge in [0.15, 0.2) is 0 Å². The summed E-state index contributed by atoms with van der Waals surface area (Å²) < 4.78 is 0. The molecule has 2 heterocycles. The first-order valence-corrected chi connectivity index (χ1v) is 9.54. The minimum atomic E-state index is 0.154. The van der Waals surface area contributed by atoms with E-state index in [-0.39, 0.29) is 6.04 Å². The zero-order valence-corrected chi connectivity index (χ0v) is 15.8. The van der Waals surface area contributed by atoms with Crippen molar-refractivity contribution in [2.45, 2.75) is 19.4 Å². The summed E-state index contributed by atoms with van der Waals surface area (Å²) in [5.41, 5.74) is 4.28. The SMILES string of the molecule is CC1=NN(c2nc(-c3ccc(Cl)cc3)cs2)[C@@H](c2ccc(Cl)cc2)C1. The molecule has 25 heavy (non-hydrogen) atoms.